The van der Waals surface area contributed by atoms with Crippen LogP contribution in [0.2, 0.25) is 0 Å². The van der Waals surface area contributed by atoms with Crippen LogP contribution in [-0.4, -0.2) is 0 Å². The molecule has 0 spiro atoms. The fourth-order valence-corrected chi connectivity index (χ4v) is 19.8. The minimum absolute atomic E-state index is 0.833. The second-order valence-corrected chi connectivity index (χ2v) is 42.7. The summed E-state index contributed by atoms with van der Waals surface area (Å²) in [6.45, 7) is 52.0. The van der Waals surface area contributed by atoms with Gasteiger partial charge >= 0.3 is 0 Å². The van der Waals surface area contributed by atoms with Gasteiger partial charge in [-0.05, 0) is 193 Å². The van der Waals surface area contributed by atoms with Gasteiger partial charge in [0.15, 0.2) is 0 Å². The molecule has 16 saturated carbocycles. The van der Waals surface area contributed by atoms with Gasteiger partial charge in [-0.1, -0.05) is 455 Å². The molecular weight excluding hydrogens is 1210 g/mol. The van der Waals surface area contributed by atoms with Crippen LogP contribution in [0.4, 0.5) is 0 Å². The Labute approximate surface area is 644 Å². The predicted molar refractivity (Wildman–Crippen MR) is 465 cm³/mol. The molecule has 606 valence electrons. The molecule has 16 aliphatic rings. The van der Waals surface area contributed by atoms with Crippen molar-refractivity contribution in [3.8, 4) is 0 Å². The van der Waals surface area contributed by atoms with Crippen LogP contribution in [-0.2, 0) is 0 Å². The van der Waals surface area contributed by atoms with E-state index in [-0.39, 0.29) is 0 Å². The number of hydrogen-bond donors (Lipinski definition) is 0. The van der Waals surface area contributed by atoms with E-state index in [1.165, 1.54) is 218 Å². The first-order valence-electron chi connectivity index (χ1n) is 48.1. The maximum absolute atomic E-state index is 2.17. The second kappa shape index (κ2) is 62.7. The quantitative estimate of drug-likeness (QED) is 0.227. The molecule has 14 atom stereocenters. The van der Waals surface area contributed by atoms with Crippen LogP contribution in [0.5, 0.6) is 0 Å². The van der Waals surface area contributed by atoms with Crippen molar-refractivity contribution in [3.05, 3.63) is 0 Å². The summed E-state index contributed by atoms with van der Waals surface area (Å²) in [7, 11) is 0. The van der Waals surface area contributed by atoms with Crippen LogP contribution in [0, 0.1) is 142 Å². The van der Waals surface area contributed by atoms with E-state index in [2.05, 4.69) is 166 Å². The summed E-state index contributed by atoms with van der Waals surface area (Å²) < 4.78 is 0. The molecule has 0 heterocycles. The zero-order chi connectivity index (χ0) is 75.3. The van der Waals surface area contributed by atoms with E-state index in [1.807, 2.05) is 0 Å². The van der Waals surface area contributed by atoms with E-state index in [0.717, 1.165) is 59.2 Å². The van der Waals surface area contributed by atoms with Crippen LogP contribution in [0.3, 0.4) is 0 Å². The van der Waals surface area contributed by atoms with Crippen molar-refractivity contribution in [1.82, 2.24) is 0 Å². The zero-order valence-electron chi connectivity index (χ0n) is 75.3. The summed E-state index contributed by atoms with van der Waals surface area (Å²) in [5, 5.41) is 0. The zero-order valence-corrected chi connectivity index (χ0v) is 75.3. The predicted octanol–water partition coefficient (Wildman–Crippen LogP) is 35.9. The van der Waals surface area contributed by atoms with E-state index >= 15 is 0 Å². The Morgan fingerprint density at radius 1 is 0.0891 bits per heavy atom. The first-order chi connectivity index (χ1) is 48.1. The molecular formula is C101H202. The summed E-state index contributed by atoms with van der Waals surface area (Å²) in [5.74, 6) is 25.4. The highest BCUT2D eigenvalue weighted by Gasteiger charge is 2.36. The molecule has 0 radical (unpaired) electrons. The van der Waals surface area contributed by atoms with Gasteiger partial charge in [-0.2, -0.15) is 0 Å². The molecule has 16 fully saturated rings. The highest BCUT2D eigenvalue weighted by atomic mass is 14.4. The van der Waals surface area contributed by atoms with Crippen molar-refractivity contribution in [2.45, 2.75) is 506 Å². The fourth-order valence-electron chi connectivity index (χ4n) is 19.8. The lowest BCUT2D eigenvalue weighted by atomic mass is 9.66. The Kier molecular flexibility index (Phi) is 61.5. The Balaban J connectivity index is 0.000000546. The first kappa shape index (κ1) is 99.0. The van der Waals surface area contributed by atoms with E-state index in [9.17, 15) is 0 Å². The molecule has 16 rings (SSSR count). The lowest BCUT2D eigenvalue weighted by molar-refractivity contribution is 0.115. The summed E-state index contributed by atoms with van der Waals surface area (Å²) >= 11 is 0. The van der Waals surface area contributed by atoms with Crippen LogP contribution in [0.1, 0.15) is 506 Å². The average Bonchev–Trinajstić information content (AvgIpc) is 1.85. The molecule has 0 aromatic rings. The van der Waals surface area contributed by atoms with Gasteiger partial charge in [0.2, 0.25) is 0 Å². The minimum atomic E-state index is 0.833. The third kappa shape index (κ3) is 54.3. The molecule has 0 heteroatoms. The van der Waals surface area contributed by atoms with Gasteiger partial charge in [0.1, 0.15) is 0 Å². The molecule has 0 nitrogen and oxygen atoms in total. The molecule has 14 unspecified atom stereocenters. The molecule has 0 amide bonds. The van der Waals surface area contributed by atoms with Gasteiger partial charge in [0, 0.05) is 0 Å². The third-order valence-corrected chi connectivity index (χ3v) is 25.0. The summed E-state index contributed by atoms with van der Waals surface area (Å²) in [5.41, 5.74) is 0. The summed E-state index contributed by atoms with van der Waals surface area (Å²) in [6.07, 6.45) is 82.1. The Hall–Kier alpha value is 0. The highest BCUT2D eigenvalue weighted by Crippen LogP contribution is 2.49. The number of hydrogen-bond acceptors (Lipinski definition) is 0. The van der Waals surface area contributed by atoms with E-state index in [4.69, 9.17) is 0 Å². The summed E-state index contributed by atoms with van der Waals surface area (Å²) in [4.78, 5) is 0. The molecule has 0 bridgehead atoms. The van der Waals surface area contributed by atoms with Crippen molar-refractivity contribution in [3.63, 3.8) is 0 Å². The molecule has 16 aliphatic carbocycles. The van der Waals surface area contributed by atoms with Gasteiger partial charge in [-0.25, -0.2) is 0 Å². The molecule has 0 aromatic heterocycles. The summed E-state index contributed by atoms with van der Waals surface area (Å²) in [6, 6.07) is 0. The normalized spacial score (nSPS) is 32.6. The SMILES string of the molecule is C1CCC2CCC2C1.C1CCC2CCC2C1.C1CCC2CCC2C1.C1CCC2CCC2C1.C1CCC2CCCC2C1.C1CCC2CCCC2C1.C1CCC2CCCC2C1.C1CCC2CCCCC2C1.CC(C)C.CC(C)C.CC(C)C.CC(C)C.CC(C)C.CC(C)C.CC(C)C.CC(C)C. The monoisotopic (exact) mass is 1420 g/mol. The van der Waals surface area contributed by atoms with Gasteiger partial charge < -0.3 is 0 Å². The topological polar surface area (TPSA) is 0 Å². The van der Waals surface area contributed by atoms with E-state index in [1.54, 1.807) is 205 Å². The first-order valence-corrected chi connectivity index (χ1v) is 48.1. The van der Waals surface area contributed by atoms with Crippen LogP contribution >= 0.6 is 0 Å². The Bertz CT molecular complexity index is 1360. The van der Waals surface area contributed by atoms with E-state index < -0.39 is 0 Å². The number of rotatable bonds is 0. The molecule has 101 heavy (non-hydrogen) atoms. The van der Waals surface area contributed by atoms with Gasteiger partial charge in [0.25, 0.3) is 0 Å². The van der Waals surface area contributed by atoms with Crippen molar-refractivity contribution >= 4 is 0 Å². The van der Waals surface area contributed by atoms with Gasteiger partial charge in [-0.15, -0.1) is 0 Å². The lowest BCUT2D eigenvalue weighted by Crippen LogP contribution is -2.28. The smallest absolute Gasteiger partial charge is 0.0386 e. The van der Waals surface area contributed by atoms with Gasteiger partial charge in [-0.3, -0.25) is 0 Å². The van der Waals surface area contributed by atoms with Crippen molar-refractivity contribution in [1.29, 1.82) is 0 Å². The molecule has 0 aromatic carbocycles. The lowest BCUT2D eigenvalue weighted by Gasteiger charge is -2.40. The maximum atomic E-state index is 2.17. The number of fused-ring (bicyclic) bond motifs is 8. The standard InChI is InChI=1S/C10H18.3C9H16.4C8H14.8C4H10/c1-2-6-10-8-4-3-7-9(10)5-1;3*1-2-5-9-7-3-6-8(9)4-1;4*1-2-4-8-6-5-7(8)3-1;8*1-4(2)3/h9-10H,1-8H2;3*8-9H,1-7H2;4*7-8H,1-6H2;8*4H,1-3H3. The minimum Gasteiger partial charge on any atom is -0.0630 e. The van der Waals surface area contributed by atoms with Crippen molar-refractivity contribution in [2.24, 2.45) is 142 Å². The van der Waals surface area contributed by atoms with Crippen LogP contribution in [0.25, 0.3) is 0 Å². The van der Waals surface area contributed by atoms with Crippen LogP contribution < -0.4 is 0 Å². The second-order valence-electron chi connectivity index (χ2n) is 42.7. The molecule has 0 N–H and O–H groups in total. The maximum Gasteiger partial charge on any atom is -0.0386 e. The Morgan fingerprint density at radius 2 is 0.139 bits per heavy atom. The van der Waals surface area contributed by atoms with E-state index in [0.29, 0.717) is 0 Å². The highest BCUT2D eigenvalue weighted by molar-refractivity contribution is 4.88. The average molecular weight is 1420 g/mol. The van der Waals surface area contributed by atoms with Crippen LogP contribution in [0.15, 0.2) is 0 Å². The van der Waals surface area contributed by atoms with Crippen molar-refractivity contribution < 1.29 is 0 Å². The van der Waals surface area contributed by atoms with Gasteiger partial charge in [0.05, 0.1) is 0 Å². The Morgan fingerprint density at radius 3 is 0.188 bits per heavy atom. The largest absolute Gasteiger partial charge is 0.0630 e. The fraction of sp³-hybridized carbons (Fsp3) is 1.00. The molecule has 0 saturated heterocycles. The van der Waals surface area contributed by atoms with Crippen molar-refractivity contribution in [2.75, 3.05) is 0 Å². The molecule has 0 aliphatic heterocycles. The third-order valence-electron chi connectivity index (χ3n) is 25.0.